The van der Waals surface area contributed by atoms with E-state index >= 15 is 0 Å². The number of nitrogens with one attached hydrogen (secondary N) is 1. The minimum atomic E-state index is 0.182. The Labute approximate surface area is 126 Å². The molecule has 1 aromatic carbocycles. The molecule has 1 atom stereocenters. The number of methoxy groups -OCH3 is 1. The van der Waals surface area contributed by atoms with Gasteiger partial charge in [-0.3, -0.25) is 0 Å². The lowest BCUT2D eigenvalue weighted by Crippen LogP contribution is -2.27. The van der Waals surface area contributed by atoms with Gasteiger partial charge in [0.1, 0.15) is 5.75 Å². The quantitative estimate of drug-likeness (QED) is 0.920. The Bertz CT molecular complexity index is 544. The molecule has 1 saturated carbocycles. The van der Waals surface area contributed by atoms with E-state index in [2.05, 4.69) is 11.4 Å². The maximum atomic E-state index is 8.92. The largest absolute Gasteiger partial charge is 0.495 e. The molecule has 1 unspecified atom stereocenters. The van der Waals surface area contributed by atoms with Gasteiger partial charge < -0.3 is 14.8 Å². The average molecular weight is 286 g/mol. The number of rotatable bonds is 4. The summed E-state index contributed by atoms with van der Waals surface area (Å²) in [5, 5.41) is 12.3. The zero-order chi connectivity index (χ0) is 14.7. The second-order valence-electron chi connectivity index (χ2n) is 6.08. The van der Waals surface area contributed by atoms with Crippen molar-refractivity contribution < 1.29 is 9.47 Å². The topological polar surface area (TPSA) is 54.3 Å². The van der Waals surface area contributed by atoms with E-state index in [1.165, 1.54) is 32.1 Å². The summed E-state index contributed by atoms with van der Waals surface area (Å²) in [5.74, 6) is 0.711. The average Bonchev–Trinajstić information content (AvgIpc) is 3.15. The Morgan fingerprint density at radius 2 is 2.19 bits per heavy atom. The number of nitrogens with zero attached hydrogens (tertiary/aromatic N) is 1. The van der Waals surface area contributed by atoms with Crippen LogP contribution in [0.1, 0.15) is 44.1 Å². The number of ether oxygens (including phenoxy) is 2. The molecule has 0 radical (unpaired) electrons. The predicted octanol–water partition coefficient (Wildman–Crippen LogP) is 3.47. The molecule has 1 aliphatic carbocycles. The van der Waals surface area contributed by atoms with Crippen molar-refractivity contribution in [1.82, 2.24) is 0 Å². The summed E-state index contributed by atoms with van der Waals surface area (Å²) in [6.07, 6.45) is 7.68. The van der Waals surface area contributed by atoms with Crippen molar-refractivity contribution in [2.45, 2.75) is 50.2 Å². The molecule has 1 aromatic rings. The van der Waals surface area contributed by atoms with Crippen molar-refractivity contribution >= 4 is 5.69 Å². The summed E-state index contributed by atoms with van der Waals surface area (Å²) < 4.78 is 11.6. The molecule has 4 heteroatoms. The zero-order valence-electron chi connectivity index (χ0n) is 12.5. The second kappa shape index (κ2) is 5.95. The Morgan fingerprint density at radius 1 is 1.38 bits per heavy atom. The molecular formula is C17H22N2O2. The third-order valence-corrected chi connectivity index (χ3v) is 4.70. The van der Waals surface area contributed by atoms with Crippen LogP contribution in [0.4, 0.5) is 5.69 Å². The molecule has 112 valence electrons. The highest BCUT2D eigenvalue weighted by Gasteiger charge is 2.41. The molecule has 3 rings (SSSR count). The van der Waals surface area contributed by atoms with E-state index < -0.39 is 0 Å². The molecule has 1 saturated heterocycles. The Hall–Kier alpha value is -1.73. The van der Waals surface area contributed by atoms with E-state index in [9.17, 15) is 0 Å². The highest BCUT2D eigenvalue weighted by molar-refractivity contribution is 5.59. The fraction of sp³-hybridized carbons (Fsp3) is 0.588. The van der Waals surface area contributed by atoms with Crippen LogP contribution >= 0.6 is 0 Å². The predicted molar refractivity (Wildman–Crippen MR) is 81.5 cm³/mol. The number of hydrogen-bond donors (Lipinski definition) is 1. The highest BCUT2D eigenvalue weighted by atomic mass is 16.5. The van der Waals surface area contributed by atoms with Crippen LogP contribution in [0.2, 0.25) is 0 Å². The molecule has 21 heavy (non-hydrogen) atoms. The molecule has 0 aromatic heterocycles. The number of hydrogen-bond acceptors (Lipinski definition) is 4. The maximum Gasteiger partial charge on any atom is 0.143 e. The highest BCUT2D eigenvalue weighted by Crippen LogP contribution is 2.43. The van der Waals surface area contributed by atoms with Crippen molar-refractivity contribution in [1.29, 1.82) is 5.26 Å². The molecule has 0 bridgehead atoms. The lowest BCUT2D eigenvalue weighted by molar-refractivity contribution is -0.0307. The lowest BCUT2D eigenvalue weighted by Gasteiger charge is -2.24. The Balaban J connectivity index is 1.59. The van der Waals surface area contributed by atoms with Crippen molar-refractivity contribution in [3.8, 4) is 11.8 Å². The van der Waals surface area contributed by atoms with Gasteiger partial charge in [0.05, 0.1) is 36.1 Å². The van der Waals surface area contributed by atoms with Crippen LogP contribution in [0.3, 0.4) is 0 Å². The third kappa shape index (κ3) is 2.98. The first-order chi connectivity index (χ1) is 10.2. The van der Waals surface area contributed by atoms with Gasteiger partial charge in [-0.15, -0.1) is 0 Å². The second-order valence-corrected chi connectivity index (χ2v) is 6.08. The first-order valence-electron chi connectivity index (χ1n) is 7.74. The van der Waals surface area contributed by atoms with Crippen LogP contribution in [0.15, 0.2) is 18.2 Å². The van der Waals surface area contributed by atoms with Gasteiger partial charge in [0.25, 0.3) is 0 Å². The monoisotopic (exact) mass is 286 g/mol. The number of benzene rings is 1. The fourth-order valence-electron chi connectivity index (χ4n) is 3.56. The summed E-state index contributed by atoms with van der Waals surface area (Å²) >= 11 is 0. The lowest BCUT2D eigenvalue weighted by atomic mass is 9.98. The van der Waals surface area contributed by atoms with E-state index in [1.54, 1.807) is 19.2 Å². The normalized spacial score (nSPS) is 23.1. The SMILES string of the molecule is COc1cc(C#N)ccc1NCC1CCC2(CCCC2)O1. The molecule has 1 aliphatic heterocycles. The summed E-state index contributed by atoms with van der Waals surface area (Å²) in [6.45, 7) is 0.796. The van der Waals surface area contributed by atoms with Gasteiger partial charge in [-0.25, -0.2) is 0 Å². The molecule has 4 nitrogen and oxygen atoms in total. The fourth-order valence-corrected chi connectivity index (χ4v) is 3.56. The van der Waals surface area contributed by atoms with E-state index in [-0.39, 0.29) is 11.7 Å². The van der Waals surface area contributed by atoms with Crippen LogP contribution in [0, 0.1) is 11.3 Å². The van der Waals surface area contributed by atoms with Crippen LogP contribution in [0.25, 0.3) is 0 Å². The van der Waals surface area contributed by atoms with Gasteiger partial charge in [0, 0.05) is 12.6 Å². The summed E-state index contributed by atoms with van der Waals surface area (Å²) in [4.78, 5) is 0. The van der Waals surface area contributed by atoms with Crippen LogP contribution in [-0.4, -0.2) is 25.4 Å². The maximum absolute atomic E-state index is 8.92. The van der Waals surface area contributed by atoms with Crippen molar-refractivity contribution in [3.05, 3.63) is 23.8 Å². The number of nitriles is 1. The molecular weight excluding hydrogens is 264 g/mol. The number of anilines is 1. The van der Waals surface area contributed by atoms with E-state index in [4.69, 9.17) is 14.7 Å². The van der Waals surface area contributed by atoms with Crippen molar-refractivity contribution in [2.75, 3.05) is 19.0 Å². The molecule has 1 heterocycles. The van der Waals surface area contributed by atoms with Gasteiger partial charge in [-0.05, 0) is 37.8 Å². The first kappa shape index (κ1) is 14.2. The zero-order valence-corrected chi connectivity index (χ0v) is 12.5. The van der Waals surface area contributed by atoms with Gasteiger partial charge in [0.15, 0.2) is 0 Å². The summed E-state index contributed by atoms with van der Waals surface area (Å²) in [5.41, 5.74) is 1.72. The standard InChI is InChI=1S/C17H22N2O2/c1-20-16-10-13(11-18)4-5-15(16)19-12-14-6-9-17(21-14)7-2-3-8-17/h4-5,10,14,19H,2-3,6-9,12H2,1H3. The van der Waals surface area contributed by atoms with Crippen molar-refractivity contribution in [3.63, 3.8) is 0 Å². The Kier molecular flexibility index (Phi) is 4.03. The minimum Gasteiger partial charge on any atom is -0.495 e. The third-order valence-electron chi connectivity index (χ3n) is 4.70. The summed E-state index contributed by atoms with van der Waals surface area (Å²) in [7, 11) is 1.63. The molecule has 0 amide bonds. The smallest absolute Gasteiger partial charge is 0.143 e. The van der Waals surface area contributed by atoms with Crippen LogP contribution in [0.5, 0.6) is 5.75 Å². The molecule has 2 fully saturated rings. The van der Waals surface area contributed by atoms with Crippen LogP contribution in [-0.2, 0) is 4.74 Å². The minimum absolute atomic E-state index is 0.182. The Morgan fingerprint density at radius 3 is 2.90 bits per heavy atom. The van der Waals surface area contributed by atoms with E-state index in [1.807, 2.05) is 6.07 Å². The van der Waals surface area contributed by atoms with E-state index in [0.29, 0.717) is 11.3 Å². The van der Waals surface area contributed by atoms with Gasteiger partial charge >= 0.3 is 0 Å². The molecule has 1 spiro atoms. The van der Waals surface area contributed by atoms with Crippen LogP contribution < -0.4 is 10.1 Å². The van der Waals surface area contributed by atoms with Gasteiger partial charge in [-0.2, -0.15) is 5.26 Å². The first-order valence-corrected chi connectivity index (χ1v) is 7.74. The van der Waals surface area contributed by atoms with E-state index in [0.717, 1.165) is 18.7 Å². The van der Waals surface area contributed by atoms with Gasteiger partial charge in [0.2, 0.25) is 0 Å². The summed E-state index contributed by atoms with van der Waals surface area (Å²) in [6, 6.07) is 7.59. The molecule has 1 N–H and O–H groups in total. The van der Waals surface area contributed by atoms with Crippen molar-refractivity contribution in [2.24, 2.45) is 0 Å². The van der Waals surface area contributed by atoms with Gasteiger partial charge in [-0.1, -0.05) is 12.8 Å². The molecule has 2 aliphatic rings.